The highest BCUT2D eigenvalue weighted by Crippen LogP contribution is 2.32. The van der Waals surface area contributed by atoms with Gasteiger partial charge in [0, 0.05) is 48.8 Å². The summed E-state index contributed by atoms with van der Waals surface area (Å²) in [5.74, 6) is -0.188. The maximum absolute atomic E-state index is 12.7. The second-order valence-electron chi connectivity index (χ2n) is 8.53. The third-order valence-electron chi connectivity index (χ3n) is 6.01. The van der Waals surface area contributed by atoms with Crippen molar-refractivity contribution in [3.63, 3.8) is 0 Å². The van der Waals surface area contributed by atoms with Gasteiger partial charge in [-0.15, -0.1) is 0 Å². The molecule has 2 aromatic rings. The maximum atomic E-state index is 12.7. The van der Waals surface area contributed by atoms with Crippen molar-refractivity contribution in [2.45, 2.75) is 25.3 Å². The first kappa shape index (κ1) is 23.0. The maximum Gasteiger partial charge on any atom is 0.326 e. The first-order valence-electron chi connectivity index (χ1n) is 11.5. The zero-order valence-corrected chi connectivity index (χ0v) is 19.2. The van der Waals surface area contributed by atoms with Gasteiger partial charge in [0.1, 0.15) is 11.8 Å². The molecule has 10 heteroatoms. The Hall–Kier alpha value is -4.73. The van der Waals surface area contributed by atoms with Crippen molar-refractivity contribution >= 4 is 29.4 Å². The average Bonchev–Trinajstić information content (AvgIpc) is 3.28. The predicted octanol–water partition coefficient (Wildman–Crippen LogP) is 2.78. The van der Waals surface area contributed by atoms with Crippen LogP contribution in [0.4, 0.5) is 10.5 Å². The quantitative estimate of drug-likeness (QED) is 0.555. The van der Waals surface area contributed by atoms with Gasteiger partial charge in [0.25, 0.3) is 5.91 Å². The summed E-state index contributed by atoms with van der Waals surface area (Å²) in [7, 11) is 0. The molecule has 1 atom stereocenters. The summed E-state index contributed by atoms with van der Waals surface area (Å²) in [4.78, 5) is 54.8. The molecule has 5 amide bonds. The predicted molar refractivity (Wildman–Crippen MR) is 130 cm³/mol. The van der Waals surface area contributed by atoms with Crippen LogP contribution < -0.4 is 20.7 Å². The van der Waals surface area contributed by atoms with Gasteiger partial charge < -0.3 is 15.0 Å². The number of carbonyl (C=O) groups is 4. The molecule has 1 aromatic carbocycles. The number of imide groups is 2. The van der Waals surface area contributed by atoms with Crippen LogP contribution in [0.3, 0.4) is 0 Å². The second-order valence-corrected chi connectivity index (χ2v) is 8.53. The number of fused-ring (bicyclic) bond motifs is 1. The van der Waals surface area contributed by atoms with Gasteiger partial charge in [0.15, 0.2) is 0 Å². The molecule has 182 valence electrons. The molecule has 1 aromatic heterocycles. The molecule has 36 heavy (non-hydrogen) atoms. The Labute approximate surface area is 206 Å². The third kappa shape index (κ3) is 5.17. The van der Waals surface area contributed by atoms with Crippen LogP contribution in [0, 0.1) is 0 Å². The highest BCUT2D eigenvalue weighted by molar-refractivity contribution is 6.09. The lowest BCUT2D eigenvalue weighted by Crippen LogP contribution is -2.50. The minimum atomic E-state index is -0.674. The summed E-state index contributed by atoms with van der Waals surface area (Å²) in [5, 5.41) is 7.35. The number of rotatable bonds is 5. The van der Waals surface area contributed by atoms with Crippen LogP contribution in [0.15, 0.2) is 83.7 Å². The van der Waals surface area contributed by atoms with Crippen LogP contribution in [0.2, 0.25) is 0 Å². The van der Waals surface area contributed by atoms with Crippen LogP contribution in [-0.4, -0.2) is 46.2 Å². The Balaban J connectivity index is 1.17. The van der Waals surface area contributed by atoms with Gasteiger partial charge in [0.05, 0.1) is 0 Å². The second kappa shape index (κ2) is 9.87. The van der Waals surface area contributed by atoms with Gasteiger partial charge in [-0.05, 0) is 48.3 Å². The Morgan fingerprint density at radius 3 is 2.81 bits per heavy atom. The summed E-state index contributed by atoms with van der Waals surface area (Å²) < 4.78 is 5.66. The Morgan fingerprint density at radius 2 is 2.00 bits per heavy atom. The number of aromatic nitrogens is 1. The van der Waals surface area contributed by atoms with E-state index in [9.17, 15) is 19.2 Å². The number of nitrogens with zero attached hydrogens (tertiary/aromatic N) is 2. The lowest BCUT2D eigenvalue weighted by molar-refractivity contribution is -0.136. The molecular formula is C26H23N5O5. The normalized spacial score (nSPS) is 18.8. The fraction of sp³-hybridized carbons (Fsp3) is 0.192. The van der Waals surface area contributed by atoms with E-state index >= 15 is 0 Å². The van der Waals surface area contributed by atoms with Gasteiger partial charge in [-0.2, -0.15) is 0 Å². The van der Waals surface area contributed by atoms with E-state index in [1.54, 1.807) is 60.8 Å². The molecule has 2 aliphatic heterocycles. The van der Waals surface area contributed by atoms with Crippen molar-refractivity contribution in [3.05, 3.63) is 83.7 Å². The van der Waals surface area contributed by atoms with Crippen LogP contribution in [-0.2, 0) is 14.4 Å². The molecule has 1 fully saturated rings. The number of pyridine rings is 1. The molecular weight excluding hydrogens is 462 g/mol. The number of hydrogen-bond donors (Lipinski definition) is 3. The number of allylic oxidation sites excluding steroid dienone is 1. The largest absolute Gasteiger partial charge is 0.439 e. The molecule has 3 heterocycles. The smallest absolute Gasteiger partial charge is 0.326 e. The van der Waals surface area contributed by atoms with Crippen LogP contribution in [0.1, 0.15) is 19.3 Å². The van der Waals surface area contributed by atoms with Gasteiger partial charge in [-0.25, -0.2) is 9.78 Å². The number of carbonyl (C=O) groups excluding carboxylic acids is 4. The Bertz CT molecular complexity index is 1330. The van der Waals surface area contributed by atoms with Crippen molar-refractivity contribution in [2.24, 2.45) is 0 Å². The van der Waals surface area contributed by atoms with Gasteiger partial charge in [0.2, 0.25) is 17.7 Å². The van der Waals surface area contributed by atoms with Gasteiger partial charge in [-0.3, -0.25) is 25.0 Å². The van der Waals surface area contributed by atoms with Crippen molar-refractivity contribution in [1.29, 1.82) is 0 Å². The van der Waals surface area contributed by atoms with Crippen molar-refractivity contribution < 1.29 is 23.9 Å². The van der Waals surface area contributed by atoms with Crippen LogP contribution >= 0.6 is 0 Å². The summed E-state index contributed by atoms with van der Waals surface area (Å²) in [6, 6.07) is 11.0. The van der Waals surface area contributed by atoms with E-state index in [2.05, 4.69) is 20.9 Å². The number of piperidine rings is 1. The van der Waals surface area contributed by atoms with E-state index < -0.39 is 18.0 Å². The zero-order valence-electron chi connectivity index (χ0n) is 19.2. The number of ether oxygens (including phenoxy) is 1. The molecule has 1 aliphatic carbocycles. The Kier molecular flexibility index (Phi) is 6.31. The van der Waals surface area contributed by atoms with Gasteiger partial charge >= 0.3 is 6.03 Å². The van der Waals surface area contributed by atoms with Crippen molar-refractivity contribution in [3.8, 4) is 11.6 Å². The highest BCUT2D eigenvalue weighted by atomic mass is 16.5. The molecule has 0 saturated carbocycles. The topological polar surface area (TPSA) is 130 Å². The standard InChI is InChI=1S/C26H23N5O5/c32-22-10-9-21(25(34)29-22)31-14-17-8-7-16(12-18(17)15-31)24(33)30-26(35)28-19-4-3-5-20(13-19)36-23-6-1-2-11-27-23/h1-7,11-14,21H,8-10,15H2,(H,29,32,34)(H2,28,30,33,35). The first-order chi connectivity index (χ1) is 17.4. The third-order valence-corrected chi connectivity index (χ3v) is 6.01. The van der Waals surface area contributed by atoms with E-state index in [0.717, 1.165) is 11.1 Å². The van der Waals surface area contributed by atoms with Crippen LogP contribution in [0.25, 0.3) is 0 Å². The van der Waals surface area contributed by atoms with E-state index in [-0.39, 0.29) is 11.8 Å². The molecule has 3 N–H and O–H groups in total. The number of anilines is 1. The molecule has 1 unspecified atom stereocenters. The zero-order chi connectivity index (χ0) is 25.1. The van der Waals surface area contributed by atoms with Crippen molar-refractivity contribution in [1.82, 2.24) is 20.5 Å². The minimum Gasteiger partial charge on any atom is -0.439 e. The summed E-state index contributed by atoms with van der Waals surface area (Å²) in [6.07, 6.45) is 8.25. The molecule has 3 aliphatic rings. The summed E-state index contributed by atoms with van der Waals surface area (Å²) in [6.45, 7) is 0.460. The number of benzene rings is 1. The number of urea groups is 1. The van der Waals surface area contributed by atoms with Crippen molar-refractivity contribution in [2.75, 3.05) is 11.9 Å². The van der Waals surface area contributed by atoms with Crippen LogP contribution in [0.5, 0.6) is 11.6 Å². The summed E-state index contributed by atoms with van der Waals surface area (Å²) in [5.41, 5.74) is 2.73. The SMILES string of the molecule is O=C1CCC(N2C=C3CC=C(C(=O)NC(=O)Nc4cccc(Oc5ccccn5)c4)C=C3C2)C(=O)N1. The molecule has 10 nitrogen and oxygen atoms in total. The highest BCUT2D eigenvalue weighted by Gasteiger charge is 2.34. The molecule has 0 bridgehead atoms. The monoisotopic (exact) mass is 485 g/mol. The van der Waals surface area contributed by atoms with E-state index in [1.165, 1.54) is 0 Å². The lowest BCUT2D eigenvalue weighted by Gasteiger charge is -2.29. The van der Waals surface area contributed by atoms with E-state index in [0.29, 0.717) is 48.7 Å². The molecule has 5 rings (SSSR count). The average molecular weight is 486 g/mol. The fourth-order valence-corrected chi connectivity index (χ4v) is 4.28. The lowest BCUT2D eigenvalue weighted by atomic mass is 9.96. The van der Waals surface area contributed by atoms with E-state index in [1.807, 2.05) is 11.1 Å². The summed E-state index contributed by atoms with van der Waals surface area (Å²) >= 11 is 0. The first-order valence-corrected chi connectivity index (χ1v) is 11.5. The minimum absolute atomic E-state index is 0.258. The van der Waals surface area contributed by atoms with E-state index in [4.69, 9.17) is 4.74 Å². The number of hydrogen-bond acceptors (Lipinski definition) is 7. The number of amides is 5. The van der Waals surface area contributed by atoms with Gasteiger partial charge in [-0.1, -0.05) is 18.2 Å². The fourth-order valence-electron chi connectivity index (χ4n) is 4.28. The molecule has 0 spiro atoms. The number of nitrogens with one attached hydrogen (secondary N) is 3. The molecule has 0 radical (unpaired) electrons. The molecule has 1 saturated heterocycles. The Morgan fingerprint density at radius 1 is 1.11 bits per heavy atom.